The minimum absolute atomic E-state index is 0.0718. The number of nitrogens with zero attached hydrogens (tertiary/aromatic N) is 2. The predicted octanol–water partition coefficient (Wildman–Crippen LogP) is 5.30. The molecule has 0 spiro atoms. The maximum atomic E-state index is 15.3. The molecular weight excluding hydrogens is 583 g/mol. The van der Waals surface area contributed by atoms with Crippen molar-refractivity contribution in [3.05, 3.63) is 76.9 Å². The van der Waals surface area contributed by atoms with Crippen molar-refractivity contribution in [2.24, 2.45) is 0 Å². The number of rotatable bonds is 13. The molecule has 2 heterocycles. The van der Waals surface area contributed by atoms with Crippen molar-refractivity contribution in [2.75, 3.05) is 13.7 Å². The van der Waals surface area contributed by atoms with Gasteiger partial charge in [0.05, 0.1) is 42.8 Å². The summed E-state index contributed by atoms with van der Waals surface area (Å²) >= 11 is 0. The van der Waals surface area contributed by atoms with Crippen LogP contribution in [-0.2, 0) is 16.1 Å². The standard InChI is InChI=1S/C33H39FN4O7/c1-6-16-44-26-14-13-23(34)27-29(26)38(18-22(30(27)40)20-9-11-21(43-5)12-10-20)15-7-8-25(39)28(31(41)24-17-35-19-36-24)37-32(42)45-33(2,3)4/h9-14,17-19,28,31,41H,6-8,15-16H2,1-5H3,(H,35,36)(H,37,42)/t28-,31?/m1/s1. The maximum absolute atomic E-state index is 15.3. The summed E-state index contributed by atoms with van der Waals surface area (Å²) < 4.78 is 33.5. The molecule has 240 valence electrons. The van der Waals surface area contributed by atoms with E-state index in [-0.39, 0.29) is 41.5 Å². The van der Waals surface area contributed by atoms with E-state index >= 15 is 4.39 Å². The average Bonchev–Trinajstić information content (AvgIpc) is 3.54. The summed E-state index contributed by atoms with van der Waals surface area (Å²) in [5.74, 6) is -0.204. The van der Waals surface area contributed by atoms with Crippen molar-refractivity contribution in [2.45, 2.75) is 71.2 Å². The largest absolute Gasteiger partial charge is 0.497 e. The number of hydrogen-bond donors (Lipinski definition) is 3. The number of Topliss-reactive ketones (excluding diaryl/α,β-unsaturated/α-hetero) is 1. The van der Waals surface area contributed by atoms with Crippen LogP contribution in [-0.4, -0.2) is 56.9 Å². The molecule has 0 aliphatic carbocycles. The second kappa shape index (κ2) is 14.4. The molecule has 12 heteroatoms. The number of ether oxygens (including phenoxy) is 3. The number of hydrogen-bond acceptors (Lipinski definition) is 8. The molecule has 45 heavy (non-hydrogen) atoms. The van der Waals surface area contributed by atoms with Crippen LogP contribution in [0.25, 0.3) is 22.0 Å². The average molecular weight is 623 g/mol. The molecule has 2 atom stereocenters. The van der Waals surface area contributed by atoms with Crippen LogP contribution in [0, 0.1) is 5.82 Å². The zero-order chi connectivity index (χ0) is 32.7. The number of fused-ring (bicyclic) bond motifs is 1. The van der Waals surface area contributed by atoms with E-state index in [0.29, 0.717) is 30.1 Å². The van der Waals surface area contributed by atoms with Crippen LogP contribution in [0.15, 0.2) is 59.9 Å². The molecule has 0 aliphatic rings. The first-order valence-electron chi connectivity index (χ1n) is 14.7. The fraction of sp³-hybridized carbons (Fsp3) is 0.394. The lowest BCUT2D eigenvalue weighted by Crippen LogP contribution is -2.47. The molecule has 11 nitrogen and oxygen atoms in total. The first kappa shape index (κ1) is 33.2. The number of aliphatic hydroxyl groups is 1. The quantitative estimate of drug-likeness (QED) is 0.182. The van der Waals surface area contributed by atoms with Crippen molar-refractivity contribution in [3.63, 3.8) is 0 Å². The van der Waals surface area contributed by atoms with Crippen LogP contribution in [0.1, 0.15) is 58.8 Å². The number of nitrogens with one attached hydrogen (secondary N) is 2. The van der Waals surface area contributed by atoms with E-state index in [9.17, 15) is 19.5 Å². The number of methoxy groups -OCH3 is 1. The zero-order valence-corrected chi connectivity index (χ0v) is 26.1. The number of imidazole rings is 1. The van der Waals surface area contributed by atoms with E-state index in [1.807, 2.05) is 6.92 Å². The van der Waals surface area contributed by atoms with Gasteiger partial charge in [0, 0.05) is 24.7 Å². The Morgan fingerprint density at radius 3 is 2.51 bits per heavy atom. The molecule has 3 N–H and O–H groups in total. The minimum Gasteiger partial charge on any atom is -0.497 e. The van der Waals surface area contributed by atoms with E-state index < -0.39 is 40.9 Å². The SMILES string of the molecule is CCCOc1ccc(F)c2c(=O)c(-c3ccc(OC)cc3)cn(CCCC(=O)[C@@H](NC(=O)OC(C)(C)C)C(O)c3cnc[nH]3)c12. The van der Waals surface area contributed by atoms with Crippen LogP contribution in [0.3, 0.4) is 0 Å². The number of carbonyl (C=O) groups excluding carboxylic acids is 2. The molecular formula is C33H39FN4O7. The molecule has 1 unspecified atom stereocenters. The van der Waals surface area contributed by atoms with Gasteiger partial charge < -0.3 is 34.2 Å². The fourth-order valence-electron chi connectivity index (χ4n) is 4.90. The number of aromatic nitrogens is 3. The Balaban J connectivity index is 1.67. The molecule has 4 aromatic rings. The number of carbonyl (C=O) groups is 2. The van der Waals surface area contributed by atoms with Crippen molar-refractivity contribution >= 4 is 22.8 Å². The zero-order valence-electron chi connectivity index (χ0n) is 26.1. The van der Waals surface area contributed by atoms with Gasteiger partial charge in [-0.15, -0.1) is 0 Å². The first-order valence-corrected chi connectivity index (χ1v) is 14.7. The fourth-order valence-corrected chi connectivity index (χ4v) is 4.90. The summed E-state index contributed by atoms with van der Waals surface area (Å²) in [4.78, 5) is 46.4. The minimum atomic E-state index is -1.41. The molecule has 0 bridgehead atoms. The van der Waals surface area contributed by atoms with Crippen molar-refractivity contribution < 1.29 is 33.3 Å². The highest BCUT2D eigenvalue weighted by Crippen LogP contribution is 2.30. The van der Waals surface area contributed by atoms with E-state index in [1.165, 1.54) is 31.8 Å². The van der Waals surface area contributed by atoms with Gasteiger partial charge in [-0.05, 0) is 63.4 Å². The lowest BCUT2D eigenvalue weighted by atomic mass is 10.00. The third-order valence-corrected chi connectivity index (χ3v) is 6.99. The Kier molecular flexibility index (Phi) is 10.6. The van der Waals surface area contributed by atoms with E-state index in [4.69, 9.17) is 14.2 Å². The summed E-state index contributed by atoms with van der Waals surface area (Å²) in [6.45, 7) is 7.54. The lowest BCUT2D eigenvalue weighted by Gasteiger charge is -2.25. The Hall–Kier alpha value is -4.71. The number of aromatic amines is 1. The number of amides is 1. The number of alkyl carbamates (subject to hydrolysis) is 1. The van der Waals surface area contributed by atoms with E-state index in [0.717, 1.165) is 0 Å². The monoisotopic (exact) mass is 622 g/mol. The van der Waals surface area contributed by atoms with Crippen LogP contribution in [0.5, 0.6) is 11.5 Å². The normalized spacial score (nSPS) is 12.9. The van der Waals surface area contributed by atoms with Crippen LogP contribution >= 0.6 is 0 Å². The summed E-state index contributed by atoms with van der Waals surface area (Å²) in [5.41, 5.74) is 0.0351. The third kappa shape index (κ3) is 8.07. The molecule has 0 saturated heterocycles. The molecule has 4 rings (SSSR count). The van der Waals surface area contributed by atoms with Gasteiger partial charge in [-0.25, -0.2) is 14.2 Å². The number of aryl methyl sites for hydroxylation is 1. The second-order valence-electron chi connectivity index (χ2n) is 11.6. The van der Waals surface area contributed by atoms with Gasteiger partial charge in [0.1, 0.15) is 35.1 Å². The van der Waals surface area contributed by atoms with E-state index in [2.05, 4.69) is 15.3 Å². The Labute approximate surface area is 260 Å². The number of halogens is 1. The van der Waals surface area contributed by atoms with Gasteiger partial charge in [0.25, 0.3) is 0 Å². The van der Waals surface area contributed by atoms with E-state index in [1.54, 1.807) is 55.8 Å². The number of aliphatic hydroxyl groups excluding tert-OH is 1. The van der Waals surface area contributed by atoms with Gasteiger partial charge in [-0.3, -0.25) is 9.59 Å². The lowest BCUT2D eigenvalue weighted by molar-refractivity contribution is -0.124. The van der Waals surface area contributed by atoms with Gasteiger partial charge in [0.2, 0.25) is 0 Å². The summed E-state index contributed by atoms with van der Waals surface area (Å²) in [6, 6.07) is 8.22. The van der Waals surface area contributed by atoms with Gasteiger partial charge in [-0.1, -0.05) is 19.1 Å². The van der Waals surface area contributed by atoms with Crippen molar-refractivity contribution in [1.82, 2.24) is 19.9 Å². The number of ketones is 1. The maximum Gasteiger partial charge on any atom is 0.408 e. The Morgan fingerprint density at radius 1 is 1.16 bits per heavy atom. The number of H-pyrrole nitrogens is 1. The first-order chi connectivity index (χ1) is 21.4. The smallest absolute Gasteiger partial charge is 0.408 e. The number of pyridine rings is 1. The highest BCUT2D eigenvalue weighted by Gasteiger charge is 2.32. The molecule has 0 aliphatic heterocycles. The Morgan fingerprint density at radius 2 is 1.89 bits per heavy atom. The summed E-state index contributed by atoms with van der Waals surface area (Å²) in [6.07, 6.45) is 2.93. The summed E-state index contributed by atoms with van der Waals surface area (Å²) in [5, 5.41) is 13.3. The summed E-state index contributed by atoms with van der Waals surface area (Å²) in [7, 11) is 1.54. The molecule has 0 fully saturated rings. The van der Waals surface area contributed by atoms with Crippen LogP contribution in [0.2, 0.25) is 0 Å². The second-order valence-corrected chi connectivity index (χ2v) is 11.6. The third-order valence-electron chi connectivity index (χ3n) is 6.99. The van der Waals surface area contributed by atoms with Crippen LogP contribution in [0.4, 0.5) is 9.18 Å². The molecule has 2 aromatic carbocycles. The highest BCUT2D eigenvalue weighted by atomic mass is 19.1. The highest BCUT2D eigenvalue weighted by molar-refractivity contribution is 5.90. The Bertz CT molecular complexity index is 1680. The van der Waals surface area contributed by atoms with Crippen molar-refractivity contribution in [1.29, 1.82) is 0 Å². The number of benzene rings is 2. The van der Waals surface area contributed by atoms with Crippen LogP contribution < -0.4 is 20.2 Å². The van der Waals surface area contributed by atoms with Gasteiger partial charge in [-0.2, -0.15) is 0 Å². The van der Waals surface area contributed by atoms with Gasteiger partial charge >= 0.3 is 6.09 Å². The predicted molar refractivity (Wildman–Crippen MR) is 167 cm³/mol. The molecule has 2 aromatic heterocycles. The van der Waals surface area contributed by atoms with Crippen molar-refractivity contribution in [3.8, 4) is 22.6 Å². The van der Waals surface area contributed by atoms with Gasteiger partial charge in [0.15, 0.2) is 11.2 Å². The molecule has 1 amide bonds. The topological polar surface area (TPSA) is 145 Å². The molecule has 0 radical (unpaired) electrons. The molecule has 0 saturated carbocycles.